The number of carboxylic acid groups (broad SMARTS) is 2. The molecule has 0 aliphatic heterocycles. The van der Waals surface area contributed by atoms with Gasteiger partial charge in [0, 0.05) is 18.3 Å². The second-order valence-electron chi connectivity index (χ2n) is 4.12. The van der Waals surface area contributed by atoms with E-state index in [4.69, 9.17) is 10.2 Å². The Morgan fingerprint density at radius 1 is 1.40 bits per heavy atom. The molecule has 2 rings (SSSR count). The van der Waals surface area contributed by atoms with Crippen molar-refractivity contribution < 1.29 is 19.8 Å². The van der Waals surface area contributed by atoms with E-state index in [1.54, 1.807) is 6.92 Å². The van der Waals surface area contributed by atoms with Crippen LogP contribution >= 0.6 is 11.3 Å². The summed E-state index contributed by atoms with van der Waals surface area (Å²) >= 11 is 1.10. The van der Waals surface area contributed by atoms with Gasteiger partial charge in [0.25, 0.3) is 5.56 Å². The highest BCUT2D eigenvalue weighted by Crippen LogP contribution is 2.21. The fourth-order valence-electron chi connectivity index (χ4n) is 1.93. The Balaban J connectivity index is 2.68. The first-order chi connectivity index (χ1) is 9.45. The van der Waals surface area contributed by atoms with Gasteiger partial charge in [0.1, 0.15) is 10.7 Å². The lowest BCUT2D eigenvalue weighted by molar-refractivity contribution is -0.137. The number of thiophene rings is 1. The molecule has 7 nitrogen and oxygen atoms in total. The first-order valence-corrected chi connectivity index (χ1v) is 6.79. The van der Waals surface area contributed by atoms with Gasteiger partial charge in [-0.05, 0) is 0 Å². The van der Waals surface area contributed by atoms with Crippen molar-refractivity contribution in [1.29, 1.82) is 0 Å². The molecule has 0 spiro atoms. The van der Waals surface area contributed by atoms with Crippen LogP contribution in [-0.4, -0.2) is 31.7 Å². The zero-order valence-corrected chi connectivity index (χ0v) is 11.4. The van der Waals surface area contributed by atoms with Gasteiger partial charge in [-0.3, -0.25) is 14.2 Å². The molecule has 0 fully saturated rings. The second kappa shape index (κ2) is 5.41. The average Bonchev–Trinajstić information content (AvgIpc) is 2.81. The van der Waals surface area contributed by atoms with Crippen LogP contribution < -0.4 is 5.56 Å². The average molecular weight is 296 g/mol. The van der Waals surface area contributed by atoms with Gasteiger partial charge in [-0.15, -0.1) is 11.3 Å². The standard InChI is InChI=1S/C12H12N2O5S/c1-2-7-13-10-9(6(5-20-10)12(18)19)11(17)14(7)4-3-8(15)16/h5H,2-4H2,1H3,(H,15,16)(H,18,19). The van der Waals surface area contributed by atoms with E-state index in [-0.39, 0.29) is 23.9 Å². The highest BCUT2D eigenvalue weighted by molar-refractivity contribution is 7.17. The Hall–Kier alpha value is -2.22. The maximum atomic E-state index is 12.4. The number of nitrogens with zero attached hydrogens (tertiary/aromatic N) is 2. The molecule has 0 aliphatic carbocycles. The van der Waals surface area contributed by atoms with Crippen molar-refractivity contribution in [2.45, 2.75) is 26.3 Å². The van der Waals surface area contributed by atoms with Gasteiger partial charge >= 0.3 is 11.9 Å². The summed E-state index contributed by atoms with van der Waals surface area (Å²) in [5.74, 6) is -1.76. The molecule has 0 radical (unpaired) electrons. The maximum Gasteiger partial charge on any atom is 0.337 e. The molecule has 0 bridgehead atoms. The second-order valence-corrected chi connectivity index (χ2v) is 4.97. The summed E-state index contributed by atoms with van der Waals surface area (Å²) in [6.07, 6.45) is 0.248. The lowest BCUT2D eigenvalue weighted by Crippen LogP contribution is -2.26. The van der Waals surface area contributed by atoms with E-state index < -0.39 is 17.5 Å². The van der Waals surface area contributed by atoms with Gasteiger partial charge in [-0.2, -0.15) is 0 Å². The fraction of sp³-hybridized carbons (Fsp3) is 0.333. The Morgan fingerprint density at radius 2 is 2.10 bits per heavy atom. The van der Waals surface area contributed by atoms with Crippen LogP contribution in [0, 0.1) is 0 Å². The molecule has 0 saturated heterocycles. The van der Waals surface area contributed by atoms with Crippen LogP contribution in [0.15, 0.2) is 10.2 Å². The number of aryl methyl sites for hydroxylation is 1. The molecule has 0 saturated carbocycles. The third-order valence-corrected chi connectivity index (χ3v) is 3.74. The van der Waals surface area contributed by atoms with Gasteiger partial charge < -0.3 is 10.2 Å². The summed E-state index contributed by atoms with van der Waals surface area (Å²) in [6.45, 7) is 1.78. The number of hydrogen-bond acceptors (Lipinski definition) is 5. The topological polar surface area (TPSA) is 109 Å². The normalized spacial score (nSPS) is 10.8. The Kier molecular flexibility index (Phi) is 3.84. The highest BCUT2D eigenvalue weighted by atomic mass is 32.1. The van der Waals surface area contributed by atoms with Crippen LogP contribution in [0.4, 0.5) is 0 Å². The summed E-state index contributed by atoms with van der Waals surface area (Å²) in [5, 5.41) is 19.2. The molecule has 0 unspecified atom stereocenters. The largest absolute Gasteiger partial charge is 0.481 e. The van der Waals surface area contributed by atoms with E-state index in [1.807, 2.05) is 0 Å². The predicted octanol–water partition coefficient (Wildman–Crippen LogP) is 1.19. The highest BCUT2D eigenvalue weighted by Gasteiger charge is 2.19. The lowest BCUT2D eigenvalue weighted by atomic mass is 10.2. The van der Waals surface area contributed by atoms with Crippen molar-refractivity contribution in [2.24, 2.45) is 0 Å². The number of fused-ring (bicyclic) bond motifs is 1. The third kappa shape index (κ3) is 2.42. The minimum absolute atomic E-state index is 0.0187. The number of hydrogen-bond donors (Lipinski definition) is 2. The molecule has 106 valence electrons. The van der Waals surface area contributed by atoms with Gasteiger partial charge in [0.15, 0.2) is 0 Å². The van der Waals surface area contributed by atoms with Crippen LogP contribution in [0.3, 0.4) is 0 Å². The molecule has 8 heteroatoms. The van der Waals surface area contributed by atoms with E-state index >= 15 is 0 Å². The number of aromatic carboxylic acids is 1. The van der Waals surface area contributed by atoms with Crippen molar-refractivity contribution in [1.82, 2.24) is 9.55 Å². The Morgan fingerprint density at radius 3 is 2.65 bits per heavy atom. The monoisotopic (exact) mass is 296 g/mol. The van der Waals surface area contributed by atoms with Crippen molar-refractivity contribution >= 4 is 33.5 Å². The summed E-state index contributed by atoms with van der Waals surface area (Å²) < 4.78 is 1.25. The molecule has 20 heavy (non-hydrogen) atoms. The summed E-state index contributed by atoms with van der Waals surface area (Å²) in [4.78, 5) is 38.8. The van der Waals surface area contributed by atoms with Crippen molar-refractivity contribution in [3.05, 3.63) is 27.1 Å². The Bertz CT molecular complexity index is 746. The molecule has 0 amide bonds. The third-order valence-electron chi connectivity index (χ3n) is 2.87. The van der Waals surface area contributed by atoms with Crippen molar-refractivity contribution in [2.75, 3.05) is 0 Å². The number of aliphatic carboxylic acids is 1. The first kappa shape index (κ1) is 14.2. The first-order valence-electron chi connectivity index (χ1n) is 5.91. The molecule has 2 aromatic heterocycles. The minimum atomic E-state index is -1.19. The minimum Gasteiger partial charge on any atom is -0.481 e. The van der Waals surface area contributed by atoms with Crippen LogP contribution in [0.5, 0.6) is 0 Å². The van der Waals surface area contributed by atoms with Crippen LogP contribution in [0.1, 0.15) is 29.5 Å². The summed E-state index contributed by atoms with van der Waals surface area (Å²) in [6, 6.07) is 0. The fourth-order valence-corrected chi connectivity index (χ4v) is 2.85. The molecule has 2 N–H and O–H groups in total. The number of rotatable bonds is 5. The SMILES string of the molecule is CCc1nc2scc(C(=O)O)c2c(=O)n1CCC(=O)O. The van der Waals surface area contributed by atoms with Crippen LogP contribution in [-0.2, 0) is 17.8 Å². The lowest BCUT2D eigenvalue weighted by Gasteiger charge is -2.09. The summed E-state index contributed by atoms with van der Waals surface area (Å²) in [7, 11) is 0. The summed E-state index contributed by atoms with van der Waals surface area (Å²) in [5.41, 5.74) is -0.582. The van der Waals surface area contributed by atoms with E-state index in [9.17, 15) is 14.4 Å². The van der Waals surface area contributed by atoms with Gasteiger partial charge in [-0.25, -0.2) is 9.78 Å². The zero-order valence-electron chi connectivity index (χ0n) is 10.6. The molecular formula is C12H12N2O5S. The van der Waals surface area contributed by atoms with E-state index in [0.717, 1.165) is 11.3 Å². The van der Waals surface area contributed by atoms with Crippen LogP contribution in [0.25, 0.3) is 10.2 Å². The molecular weight excluding hydrogens is 284 g/mol. The number of aromatic nitrogens is 2. The maximum absolute atomic E-state index is 12.4. The Labute approximate surface area is 117 Å². The number of carboxylic acids is 2. The van der Waals surface area contributed by atoms with Gasteiger partial charge in [0.2, 0.25) is 0 Å². The molecule has 2 aromatic rings. The number of carbonyl (C=O) groups is 2. The van der Waals surface area contributed by atoms with Gasteiger partial charge in [-0.1, -0.05) is 6.92 Å². The molecule has 0 atom stereocenters. The predicted molar refractivity (Wildman–Crippen MR) is 72.5 cm³/mol. The van der Waals surface area contributed by atoms with Crippen LogP contribution in [0.2, 0.25) is 0 Å². The van der Waals surface area contributed by atoms with E-state index in [0.29, 0.717) is 17.1 Å². The molecule has 0 aliphatic rings. The van der Waals surface area contributed by atoms with Crippen molar-refractivity contribution in [3.8, 4) is 0 Å². The molecule has 0 aromatic carbocycles. The van der Waals surface area contributed by atoms with E-state index in [1.165, 1.54) is 9.95 Å². The zero-order chi connectivity index (χ0) is 14.9. The van der Waals surface area contributed by atoms with Crippen molar-refractivity contribution in [3.63, 3.8) is 0 Å². The van der Waals surface area contributed by atoms with E-state index in [2.05, 4.69) is 4.98 Å². The smallest absolute Gasteiger partial charge is 0.337 e. The quantitative estimate of drug-likeness (QED) is 0.857. The van der Waals surface area contributed by atoms with Gasteiger partial charge in [0.05, 0.1) is 17.4 Å². The molecule has 2 heterocycles.